The molecule has 1 aromatic carbocycles. The van der Waals surface area contributed by atoms with Crippen LogP contribution in [0.1, 0.15) is 24.8 Å². The topological polar surface area (TPSA) is 58.6 Å². The molecule has 0 aromatic heterocycles. The molecule has 1 aliphatic heterocycles. The minimum absolute atomic E-state index is 0.0271. The van der Waals surface area contributed by atoms with Crippen LogP contribution in [0, 0.1) is 0 Å². The van der Waals surface area contributed by atoms with E-state index in [1.807, 2.05) is 30.3 Å². The van der Waals surface area contributed by atoms with E-state index in [0.717, 1.165) is 24.8 Å². The minimum atomic E-state index is -0.312. The number of hydrogen-bond donors (Lipinski definition) is 1. The molecule has 1 unspecified atom stereocenters. The highest BCUT2D eigenvalue weighted by Gasteiger charge is 2.22. The molecule has 1 fully saturated rings. The summed E-state index contributed by atoms with van der Waals surface area (Å²) in [6, 6.07) is 9.63. The molecule has 1 aliphatic rings. The summed E-state index contributed by atoms with van der Waals surface area (Å²) in [6.07, 6.45) is 3.24. The third-order valence-electron chi connectivity index (χ3n) is 3.44. The summed E-state index contributed by atoms with van der Waals surface area (Å²) in [5, 5.41) is 2.75. The van der Waals surface area contributed by atoms with Gasteiger partial charge in [0.15, 0.2) is 0 Å². The van der Waals surface area contributed by atoms with E-state index >= 15 is 0 Å². The number of ether oxygens (including phenoxy) is 1. The van der Waals surface area contributed by atoms with Crippen molar-refractivity contribution in [1.29, 1.82) is 0 Å². The zero-order valence-corrected chi connectivity index (χ0v) is 11.5. The van der Waals surface area contributed by atoms with Crippen molar-refractivity contribution in [2.45, 2.75) is 31.9 Å². The van der Waals surface area contributed by atoms with Crippen LogP contribution in [0.2, 0.25) is 0 Å². The van der Waals surface area contributed by atoms with Gasteiger partial charge in [0.25, 0.3) is 0 Å². The quantitative estimate of drug-likeness (QED) is 0.855. The van der Waals surface area contributed by atoms with Gasteiger partial charge in [-0.2, -0.15) is 0 Å². The zero-order valence-electron chi connectivity index (χ0n) is 11.5. The van der Waals surface area contributed by atoms with Crippen molar-refractivity contribution in [3.05, 3.63) is 35.9 Å². The molecule has 5 nitrogen and oxygen atoms in total. The number of amides is 2. The van der Waals surface area contributed by atoms with Crippen molar-refractivity contribution < 1.29 is 14.3 Å². The van der Waals surface area contributed by atoms with Crippen molar-refractivity contribution in [2.75, 3.05) is 13.1 Å². The molecular formula is C15H20N2O3. The lowest BCUT2D eigenvalue weighted by Crippen LogP contribution is -2.42. The standard InChI is InChI=1S/C15H20N2O3/c18-12-16-14-8-4-5-9-17(10-14)15(19)20-11-13-6-2-1-3-7-13/h1-3,6-7,12,14H,4-5,8-11H2,(H,16,18). The Labute approximate surface area is 118 Å². The Morgan fingerprint density at radius 3 is 2.90 bits per heavy atom. The number of rotatable bonds is 4. The van der Waals surface area contributed by atoms with Crippen LogP contribution >= 0.6 is 0 Å². The summed E-state index contributed by atoms with van der Waals surface area (Å²) in [7, 11) is 0. The SMILES string of the molecule is O=CNC1CCCCN(C(=O)OCc2ccccc2)C1. The number of nitrogens with one attached hydrogen (secondary N) is 1. The Bertz CT molecular complexity index is 436. The van der Waals surface area contributed by atoms with Crippen LogP contribution in [0.25, 0.3) is 0 Å². The number of hydrogen-bond acceptors (Lipinski definition) is 3. The lowest BCUT2D eigenvalue weighted by molar-refractivity contribution is -0.110. The van der Waals surface area contributed by atoms with E-state index in [9.17, 15) is 9.59 Å². The van der Waals surface area contributed by atoms with Gasteiger partial charge in [0.2, 0.25) is 6.41 Å². The second-order valence-electron chi connectivity index (χ2n) is 4.96. The lowest BCUT2D eigenvalue weighted by atomic mass is 10.1. The summed E-state index contributed by atoms with van der Waals surface area (Å²) >= 11 is 0. The molecule has 1 aromatic rings. The van der Waals surface area contributed by atoms with Crippen LogP contribution in [-0.2, 0) is 16.1 Å². The first-order chi connectivity index (χ1) is 9.79. The summed E-state index contributed by atoms with van der Waals surface area (Å²) in [4.78, 5) is 24.3. The first-order valence-electron chi connectivity index (χ1n) is 6.95. The second kappa shape index (κ2) is 7.53. The molecule has 0 bridgehead atoms. The van der Waals surface area contributed by atoms with Gasteiger partial charge in [-0.3, -0.25) is 4.79 Å². The maximum absolute atomic E-state index is 12.1. The molecule has 1 N–H and O–H groups in total. The fraction of sp³-hybridized carbons (Fsp3) is 0.467. The number of carbonyl (C=O) groups is 2. The zero-order chi connectivity index (χ0) is 14.2. The molecule has 20 heavy (non-hydrogen) atoms. The number of nitrogens with zero attached hydrogens (tertiary/aromatic N) is 1. The molecule has 0 aliphatic carbocycles. The van der Waals surface area contributed by atoms with Gasteiger partial charge in [0.05, 0.1) is 0 Å². The van der Waals surface area contributed by atoms with Crippen LogP contribution in [0.3, 0.4) is 0 Å². The van der Waals surface area contributed by atoms with Gasteiger partial charge in [0, 0.05) is 19.1 Å². The van der Waals surface area contributed by atoms with Gasteiger partial charge in [-0.1, -0.05) is 30.3 Å². The van der Waals surface area contributed by atoms with Crippen molar-refractivity contribution in [3.8, 4) is 0 Å². The third kappa shape index (κ3) is 4.26. The lowest BCUT2D eigenvalue weighted by Gasteiger charge is -2.23. The Balaban J connectivity index is 1.85. The highest BCUT2D eigenvalue weighted by Crippen LogP contribution is 2.12. The van der Waals surface area contributed by atoms with E-state index in [2.05, 4.69) is 5.32 Å². The number of likely N-dealkylation sites (tertiary alicyclic amines) is 1. The Kier molecular flexibility index (Phi) is 5.41. The van der Waals surface area contributed by atoms with Crippen molar-refractivity contribution in [1.82, 2.24) is 10.2 Å². The number of carbonyl (C=O) groups excluding carboxylic acids is 2. The molecule has 0 saturated carbocycles. The van der Waals surface area contributed by atoms with Gasteiger partial charge >= 0.3 is 6.09 Å². The predicted molar refractivity (Wildman–Crippen MR) is 75.0 cm³/mol. The first-order valence-corrected chi connectivity index (χ1v) is 6.95. The molecule has 1 saturated heterocycles. The summed E-state index contributed by atoms with van der Waals surface area (Å²) in [5.74, 6) is 0. The first kappa shape index (κ1) is 14.4. The smallest absolute Gasteiger partial charge is 0.410 e. The Hall–Kier alpha value is -2.04. The van der Waals surface area contributed by atoms with Crippen molar-refractivity contribution >= 4 is 12.5 Å². The number of benzene rings is 1. The van der Waals surface area contributed by atoms with E-state index in [1.165, 1.54) is 0 Å². The van der Waals surface area contributed by atoms with Crippen LogP contribution in [0.15, 0.2) is 30.3 Å². The van der Waals surface area contributed by atoms with E-state index in [4.69, 9.17) is 4.74 Å². The highest BCUT2D eigenvalue weighted by molar-refractivity contribution is 5.67. The normalized spacial score (nSPS) is 19.0. The molecule has 2 rings (SSSR count). The minimum Gasteiger partial charge on any atom is -0.445 e. The average molecular weight is 276 g/mol. The molecule has 1 heterocycles. The van der Waals surface area contributed by atoms with E-state index in [-0.39, 0.29) is 18.7 Å². The van der Waals surface area contributed by atoms with Crippen molar-refractivity contribution in [3.63, 3.8) is 0 Å². The summed E-state index contributed by atoms with van der Waals surface area (Å²) < 4.78 is 5.32. The van der Waals surface area contributed by atoms with Gasteiger partial charge < -0.3 is 15.0 Å². The van der Waals surface area contributed by atoms with Crippen molar-refractivity contribution in [2.24, 2.45) is 0 Å². The molecule has 0 spiro atoms. The van der Waals surface area contributed by atoms with Crippen LogP contribution in [-0.4, -0.2) is 36.5 Å². The largest absolute Gasteiger partial charge is 0.445 e. The predicted octanol–water partition coefficient (Wildman–Crippen LogP) is 1.92. The maximum atomic E-state index is 12.1. The van der Waals surface area contributed by atoms with Crippen LogP contribution < -0.4 is 5.32 Å². The Morgan fingerprint density at radius 2 is 2.15 bits per heavy atom. The summed E-state index contributed by atoms with van der Waals surface area (Å²) in [5.41, 5.74) is 0.971. The molecule has 5 heteroatoms. The van der Waals surface area contributed by atoms with E-state index < -0.39 is 0 Å². The van der Waals surface area contributed by atoms with Gasteiger partial charge in [-0.25, -0.2) is 4.79 Å². The Morgan fingerprint density at radius 1 is 1.35 bits per heavy atom. The van der Waals surface area contributed by atoms with E-state index in [1.54, 1.807) is 4.90 Å². The third-order valence-corrected chi connectivity index (χ3v) is 3.44. The van der Waals surface area contributed by atoms with Gasteiger partial charge in [-0.15, -0.1) is 0 Å². The fourth-order valence-electron chi connectivity index (χ4n) is 2.35. The molecule has 0 radical (unpaired) electrons. The molecule has 1 atom stereocenters. The van der Waals surface area contributed by atoms with E-state index in [0.29, 0.717) is 19.5 Å². The van der Waals surface area contributed by atoms with Crippen LogP contribution in [0.5, 0.6) is 0 Å². The maximum Gasteiger partial charge on any atom is 0.410 e. The van der Waals surface area contributed by atoms with Gasteiger partial charge in [0.1, 0.15) is 6.61 Å². The second-order valence-corrected chi connectivity index (χ2v) is 4.96. The monoisotopic (exact) mass is 276 g/mol. The molecular weight excluding hydrogens is 256 g/mol. The molecule has 108 valence electrons. The highest BCUT2D eigenvalue weighted by atomic mass is 16.6. The van der Waals surface area contributed by atoms with Crippen LogP contribution in [0.4, 0.5) is 4.79 Å². The fourth-order valence-corrected chi connectivity index (χ4v) is 2.35. The van der Waals surface area contributed by atoms with Gasteiger partial charge in [-0.05, 0) is 24.8 Å². The molecule has 2 amide bonds. The summed E-state index contributed by atoms with van der Waals surface area (Å²) in [6.45, 7) is 1.49. The average Bonchev–Trinajstić information content (AvgIpc) is 2.72.